The number of rotatable bonds is 1. The molecule has 0 radical (unpaired) electrons. The molecular weight excluding hydrogens is 294 g/mol. The van der Waals surface area contributed by atoms with Gasteiger partial charge in [0.2, 0.25) is 11.8 Å². The molecular formula is C17H17N3O3. The summed E-state index contributed by atoms with van der Waals surface area (Å²) in [4.78, 5) is 37.8. The Morgan fingerprint density at radius 1 is 1.39 bits per heavy atom. The molecule has 2 aliphatic rings. The predicted octanol–water partition coefficient (Wildman–Crippen LogP) is 1.85. The second-order valence-corrected chi connectivity index (χ2v) is 6.15. The van der Waals surface area contributed by atoms with E-state index in [-0.39, 0.29) is 36.0 Å². The molecule has 1 aliphatic carbocycles. The summed E-state index contributed by atoms with van der Waals surface area (Å²) in [5.74, 6) is -0.586. The number of nitrogens with one attached hydrogen (secondary N) is 1. The minimum absolute atomic E-state index is 0.0560. The van der Waals surface area contributed by atoms with Crippen molar-refractivity contribution in [3.8, 4) is 6.07 Å². The van der Waals surface area contributed by atoms with Crippen LogP contribution in [0.5, 0.6) is 0 Å². The summed E-state index contributed by atoms with van der Waals surface area (Å²) in [6.07, 6.45) is 1.44. The van der Waals surface area contributed by atoms with Crippen molar-refractivity contribution < 1.29 is 14.4 Å². The van der Waals surface area contributed by atoms with E-state index in [0.29, 0.717) is 36.2 Å². The summed E-state index contributed by atoms with van der Waals surface area (Å²) < 4.78 is 0. The number of nitrogens with zero attached hydrogens (tertiary/aromatic N) is 2. The van der Waals surface area contributed by atoms with E-state index in [1.54, 1.807) is 18.2 Å². The molecule has 2 atom stereocenters. The number of benzene rings is 1. The lowest BCUT2D eigenvalue weighted by molar-refractivity contribution is -0.130. The van der Waals surface area contributed by atoms with E-state index in [9.17, 15) is 14.4 Å². The number of Topliss-reactive ketones (excluding diaryl/α,β-unsaturated/α-hetero) is 1. The standard InChI is InChI=1S/C17H17N3O3/c1-10-6-12(3-5-15(10)21)17(23)20-9-16(22)19-13-4-2-11(8-18)7-14(13)20/h2,4,7,10,12H,3,5-6,9H2,1H3,(H,19,22). The first-order chi connectivity index (χ1) is 11.0. The molecule has 3 rings (SSSR count). The Labute approximate surface area is 134 Å². The first-order valence-corrected chi connectivity index (χ1v) is 7.67. The monoisotopic (exact) mass is 311 g/mol. The van der Waals surface area contributed by atoms with Crippen LogP contribution in [0.3, 0.4) is 0 Å². The van der Waals surface area contributed by atoms with E-state index >= 15 is 0 Å². The van der Waals surface area contributed by atoms with Gasteiger partial charge in [0.05, 0.1) is 23.0 Å². The van der Waals surface area contributed by atoms with E-state index in [0.717, 1.165) is 0 Å². The molecule has 2 amide bonds. The molecule has 1 aromatic rings. The highest BCUT2D eigenvalue weighted by Gasteiger charge is 2.36. The molecule has 6 heteroatoms. The second kappa shape index (κ2) is 5.84. The Morgan fingerprint density at radius 3 is 2.87 bits per heavy atom. The molecule has 1 fully saturated rings. The second-order valence-electron chi connectivity index (χ2n) is 6.15. The third-order valence-corrected chi connectivity index (χ3v) is 4.54. The van der Waals surface area contributed by atoms with E-state index in [1.807, 2.05) is 13.0 Å². The largest absolute Gasteiger partial charge is 0.323 e. The van der Waals surface area contributed by atoms with E-state index in [4.69, 9.17) is 5.26 Å². The molecule has 1 aromatic carbocycles. The number of nitriles is 1. The van der Waals surface area contributed by atoms with Crippen LogP contribution in [0.25, 0.3) is 0 Å². The van der Waals surface area contributed by atoms with Gasteiger partial charge in [0.1, 0.15) is 12.3 Å². The van der Waals surface area contributed by atoms with Crippen molar-refractivity contribution >= 4 is 29.0 Å². The summed E-state index contributed by atoms with van der Waals surface area (Å²) >= 11 is 0. The number of hydrogen-bond acceptors (Lipinski definition) is 4. The van der Waals surface area contributed by atoms with Crippen LogP contribution >= 0.6 is 0 Å². The maximum absolute atomic E-state index is 12.9. The lowest BCUT2D eigenvalue weighted by Crippen LogP contribution is -2.46. The zero-order valence-corrected chi connectivity index (χ0v) is 12.8. The first-order valence-electron chi connectivity index (χ1n) is 7.67. The van der Waals surface area contributed by atoms with Crippen molar-refractivity contribution in [2.45, 2.75) is 26.2 Å². The Bertz CT molecular complexity index is 735. The third kappa shape index (κ3) is 2.82. The number of hydrogen-bond donors (Lipinski definition) is 1. The van der Waals surface area contributed by atoms with Crippen molar-refractivity contribution in [2.75, 3.05) is 16.8 Å². The number of carbonyl (C=O) groups excluding carboxylic acids is 3. The number of amides is 2. The van der Waals surface area contributed by atoms with Crippen LogP contribution in [0, 0.1) is 23.2 Å². The predicted molar refractivity (Wildman–Crippen MR) is 83.7 cm³/mol. The average molecular weight is 311 g/mol. The van der Waals surface area contributed by atoms with Gasteiger partial charge in [0.15, 0.2) is 0 Å². The molecule has 1 heterocycles. The normalized spacial score (nSPS) is 23.7. The van der Waals surface area contributed by atoms with Gasteiger partial charge in [-0.25, -0.2) is 0 Å². The highest BCUT2D eigenvalue weighted by atomic mass is 16.2. The number of fused-ring (bicyclic) bond motifs is 1. The van der Waals surface area contributed by atoms with Gasteiger partial charge >= 0.3 is 0 Å². The molecule has 6 nitrogen and oxygen atoms in total. The summed E-state index contributed by atoms with van der Waals surface area (Å²) in [5.41, 5.74) is 1.52. The highest BCUT2D eigenvalue weighted by Crippen LogP contribution is 2.34. The zero-order chi connectivity index (χ0) is 16.6. The van der Waals surface area contributed by atoms with Gasteiger partial charge in [-0.2, -0.15) is 5.26 Å². The third-order valence-electron chi connectivity index (χ3n) is 4.54. The van der Waals surface area contributed by atoms with Crippen molar-refractivity contribution in [1.29, 1.82) is 5.26 Å². The summed E-state index contributed by atoms with van der Waals surface area (Å²) in [6, 6.07) is 6.90. The van der Waals surface area contributed by atoms with Gasteiger partial charge in [-0.05, 0) is 31.0 Å². The average Bonchev–Trinajstić information content (AvgIpc) is 2.55. The molecule has 0 bridgehead atoms. The zero-order valence-electron chi connectivity index (χ0n) is 12.8. The highest BCUT2D eigenvalue weighted by molar-refractivity contribution is 6.10. The molecule has 0 aromatic heterocycles. The van der Waals surface area contributed by atoms with Crippen LogP contribution in [0.1, 0.15) is 31.7 Å². The topological polar surface area (TPSA) is 90.3 Å². The molecule has 1 saturated carbocycles. The van der Waals surface area contributed by atoms with E-state index in [1.165, 1.54) is 4.90 Å². The van der Waals surface area contributed by atoms with Crippen LogP contribution < -0.4 is 10.2 Å². The molecule has 2 unspecified atom stereocenters. The minimum atomic E-state index is -0.257. The van der Waals surface area contributed by atoms with Crippen molar-refractivity contribution in [1.82, 2.24) is 0 Å². The summed E-state index contributed by atoms with van der Waals surface area (Å²) in [5, 5.41) is 11.8. The van der Waals surface area contributed by atoms with Gasteiger partial charge in [-0.3, -0.25) is 14.4 Å². The van der Waals surface area contributed by atoms with Crippen LogP contribution in [0.15, 0.2) is 18.2 Å². The maximum atomic E-state index is 12.9. The number of ketones is 1. The minimum Gasteiger partial charge on any atom is -0.323 e. The quantitative estimate of drug-likeness (QED) is 0.857. The van der Waals surface area contributed by atoms with Gasteiger partial charge in [0.25, 0.3) is 0 Å². The van der Waals surface area contributed by atoms with Crippen LogP contribution in [0.4, 0.5) is 11.4 Å². The van der Waals surface area contributed by atoms with Gasteiger partial charge < -0.3 is 10.2 Å². The molecule has 0 saturated heterocycles. The van der Waals surface area contributed by atoms with Crippen LogP contribution in [-0.4, -0.2) is 24.1 Å². The molecule has 118 valence electrons. The summed E-state index contributed by atoms with van der Waals surface area (Å²) in [6.45, 7) is 1.78. The van der Waals surface area contributed by atoms with E-state index < -0.39 is 0 Å². The lowest BCUT2D eigenvalue weighted by atomic mass is 9.80. The van der Waals surface area contributed by atoms with Gasteiger partial charge in [-0.1, -0.05) is 6.92 Å². The Balaban J connectivity index is 1.91. The lowest BCUT2D eigenvalue weighted by Gasteiger charge is -2.34. The molecule has 1 N–H and O–H groups in total. The van der Waals surface area contributed by atoms with Crippen molar-refractivity contribution in [3.05, 3.63) is 23.8 Å². The molecule has 0 spiro atoms. The number of anilines is 2. The molecule has 23 heavy (non-hydrogen) atoms. The van der Waals surface area contributed by atoms with E-state index in [2.05, 4.69) is 5.32 Å². The SMILES string of the molecule is CC1CC(C(=O)N2CC(=O)Nc3ccc(C#N)cc32)CCC1=O. The Hall–Kier alpha value is -2.68. The molecule has 1 aliphatic heterocycles. The van der Waals surface area contributed by atoms with Crippen molar-refractivity contribution in [2.24, 2.45) is 11.8 Å². The van der Waals surface area contributed by atoms with Crippen LogP contribution in [-0.2, 0) is 14.4 Å². The van der Waals surface area contributed by atoms with Crippen molar-refractivity contribution in [3.63, 3.8) is 0 Å². The van der Waals surface area contributed by atoms with Crippen LogP contribution in [0.2, 0.25) is 0 Å². The number of carbonyl (C=O) groups is 3. The Morgan fingerprint density at radius 2 is 2.17 bits per heavy atom. The first kappa shape index (κ1) is 15.2. The fourth-order valence-corrected chi connectivity index (χ4v) is 3.23. The fourth-order valence-electron chi connectivity index (χ4n) is 3.23. The Kier molecular flexibility index (Phi) is 3.87. The smallest absolute Gasteiger partial charge is 0.244 e. The summed E-state index contributed by atoms with van der Waals surface area (Å²) in [7, 11) is 0. The maximum Gasteiger partial charge on any atom is 0.244 e. The van der Waals surface area contributed by atoms with Gasteiger partial charge in [0, 0.05) is 18.3 Å². The van der Waals surface area contributed by atoms with Gasteiger partial charge in [-0.15, -0.1) is 0 Å². The fraction of sp³-hybridized carbons (Fsp3) is 0.412.